The van der Waals surface area contributed by atoms with E-state index in [1.807, 2.05) is 29.3 Å². The van der Waals surface area contributed by atoms with Gasteiger partial charge in [0.2, 0.25) is 5.91 Å². The Balaban J connectivity index is 1.52. The number of methoxy groups -OCH3 is 1. The first-order valence-corrected chi connectivity index (χ1v) is 7.92. The number of benzene rings is 1. The third-order valence-electron chi connectivity index (χ3n) is 3.88. The van der Waals surface area contributed by atoms with Crippen molar-refractivity contribution in [1.29, 1.82) is 0 Å². The maximum atomic E-state index is 12.2. The molecule has 1 aromatic carbocycles. The summed E-state index contributed by atoms with van der Waals surface area (Å²) in [6.07, 6.45) is 4.64. The normalized spacial score (nSPS) is 14.7. The van der Waals surface area contributed by atoms with Gasteiger partial charge in [0.15, 0.2) is 0 Å². The Morgan fingerprint density at radius 2 is 2.27 bits per heavy atom. The second-order valence-corrected chi connectivity index (χ2v) is 6.21. The molecule has 1 aliphatic heterocycles. The lowest BCUT2D eigenvalue weighted by Gasteiger charge is -2.39. The predicted molar refractivity (Wildman–Crippen MR) is 84.7 cm³/mol. The molecule has 0 saturated carbocycles. The molecule has 0 unspecified atom stereocenters. The third kappa shape index (κ3) is 3.14. The zero-order valence-electron chi connectivity index (χ0n) is 12.3. The summed E-state index contributed by atoms with van der Waals surface area (Å²) in [5, 5.41) is 7.75. The molecule has 6 nitrogen and oxygen atoms in total. The molecule has 1 aromatic heterocycles. The number of likely N-dealkylation sites (tertiary alicyclic amines) is 1. The fraction of sp³-hybridized carbons (Fsp3) is 0.400. The van der Waals surface area contributed by atoms with E-state index in [1.54, 1.807) is 18.0 Å². The van der Waals surface area contributed by atoms with Crippen molar-refractivity contribution < 1.29 is 9.53 Å². The van der Waals surface area contributed by atoms with Crippen LogP contribution in [0.5, 0.6) is 5.75 Å². The van der Waals surface area contributed by atoms with E-state index in [4.69, 9.17) is 4.74 Å². The summed E-state index contributed by atoms with van der Waals surface area (Å²) >= 11 is 3.45. The molecule has 0 atom stereocenters. The number of hydrogen-bond donors (Lipinski definition) is 0. The zero-order valence-corrected chi connectivity index (χ0v) is 13.9. The van der Waals surface area contributed by atoms with Crippen LogP contribution in [0, 0.1) is 0 Å². The van der Waals surface area contributed by atoms with E-state index in [1.165, 1.54) is 0 Å². The van der Waals surface area contributed by atoms with Crippen LogP contribution in [0.15, 0.2) is 35.1 Å². The first-order valence-electron chi connectivity index (χ1n) is 7.13. The molecule has 1 saturated heterocycles. The number of amides is 1. The lowest BCUT2D eigenvalue weighted by molar-refractivity contribution is -0.137. The summed E-state index contributed by atoms with van der Waals surface area (Å²) in [7, 11) is 1.65. The summed E-state index contributed by atoms with van der Waals surface area (Å²) in [6.45, 7) is 1.41. The molecule has 0 spiro atoms. The first kappa shape index (κ1) is 15.0. The SMILES string of the molecule is COc1ccc(Br)cc1CCC(=O)N1CC(n2ccnn2)C1. The standard InChI is InChI=1S/C15H17BrN4O2/c1-22-14-4-3-12(16)8-11(14)2-5-15(21)19-9-13(10-19)20-7-6-17-18-20/h3-4,6-8,13H,2,5,9-10H2,1H3. The van der Waals surface area contributed by atoms with Crippen molar-refractivity contribution >= 4 is 21.8 Å². The van der Waals surface area contributed by atoms with Crippen molar-refractivity contribution in [2.24, 2.45) is 0 Å². The molecular formula is C15H17BrN4O2. The molecule has 0 bridgehead atoms. The van der Waals surface area contributed by atoms with Crippen LogP contribution < -0.4 is 4.74 Å². The summed E-state index contributed by atoms with van der Waals surface area (Å²) in [5.74, 6) is 0.985. The summed E-state index contributed by atoms with van der Waals surface area (Å²) in [4.78, 5) is 14.1. The molecule has 3 rings (SSSR count). The number of hydrogen-bond acceptors (Lipinski definition) is 4. The molecule has 116 valence electrons. The zero-order chi connectivity index (χ0) is 15.5. The molecule has 22 heavy (non-hydrogen) atoms. The largest absolute Gasteiger partial charge is 0.496 e. The van der Waals surface area contributed by atoms with E-state index < -0.39 is 0 Å². The summed E-state index contributed by atoms with van der Waals surface area (Å²) in [6, 6.07) is 6.10. The van der Waals surface area contributed by atoms with Crippen LogP contribution in [0.25, 0.3) is 0 Å². The van der Waals surface area contributed by atoms with Crippen LogP contribution in [0.1, 0.15) is 18.0 Å². The Hall–Kier alpha value is -1.89. The lowest BCUT2D eigenvalue weighted by atomic mass is 10.1. The van der Waals surface area contributed by atoms with Gasteiger partial charge in [0.1, 0.15) is 5.75 Å². The van der Waals surface area contributed by atoms with Crippen LogP contribution in [-0.2, 0) is 11.2 Å². The Labute approximate surface area is 137 Å². The van der Waals surface area contributed by atoms with Crippen molar-refractivity contribution in [2.45, 2.75) is 18.9 Å². The van der Waals surface area contributed by atoms with Gasteiger partial charge in [-0.05, 0) is 30.2 Å². The Morgan fingerprint density at radius 1 is 1.45 bits per heavy atom. The maximum absolute atomic E-state index is 12.2. The predicted octanol–water partition coefficient (Wildman–Crippen LogP) is 2.07. The van der Waals surface area contributed by atoms with Crippen molar-refractivity contribution in [3.05, 3.63) is 40.6 Å². The van der Waals surface area contributed by atoms with Crippen LogP contribution in [0.3, 0.4) is 0 Å². The molecule has 1 amide bonds. The van der Waals surface area contributed by atoms with E-state index in [-0.39, 0.29) is 11.9 Å². The van der Waals surface area contributed by atoms with Crippen LogP contribution >= 0.6 is 15.9 Å². The number of halogens is 1. The Bertz CT molecular complexity index is 654. The second kappa shape index (κ2) is 6.48. The van der Waals surface area contributed by atoms with Crippen LogP contribution in [0.2, 0.25) is 0 Å². The Kier molecular flexibility index (Phi) is 4.42. The van der Waals surface area contributed by atoms with Crippen molar-refractivity contribution in [3.8, 4) is 5.75 Å². The number of aryl methyl sites for hydroxylation is 1. The van der Waals surface area contributed by atoms with Gasteiger partial charge in [-0.15, -0.1) is 5.10 Å². The summed E-state index contributed by atoms with van der Waals surface area (Å²) < 4.78 is 8.13. The molecular weight excluding hydrogens is 348 g/mol. The van der Waals surface area contributed by atoms with Crippen molar-refractivity contribution in [2.75, 3.05) is 20.2 Å². The molecule has 0 aliphatic carbocycles. The molecule has 2 aromatic rings. The van der Waals surface area contributed by atoms with Gasteiger partial charge in [-0.3, -0.25) is 4.79 Å². The molecule has 0 radical (unpaired) electrons. The van der Waals surface area contributed by atoms with Crippen molar-refractivity contribution in [1.82, 2.24) is 19.9 Å². The first-order chi connectivity index (χ1) is 10.7. The second-order valence-electron chi connectivity index (χ2n) is 5.29. The average Bonchev–Trinajstić information content (AvgIpc) is 2.97. The van der Waals surface area contributed by atoms with Crippen molar-refractivity contribution in [3.63, 3.8) is 0 Å². The Morgan fingerprint density at radius 3 is 2.95 bits per heavy atom. The molecule has 1 aliphatic rings. The highest BCUT2D eigenvalue weighted by molar-refractivity contribution is 9.10. The molecule has 0 N–H and O–H groups in total. The number of ether oxygens (including phenoxy) is 1. The monoisotopic (exact) mass is 364 g/mol. The number of rotatable bonds is 5. The number of aromatic nitrogens is 3. The van der Waals surface area contributed by atoms with Crippen LogP contribution in [0.4, 0.5) is 0 Å². The minimum atomic E-state index is 0.165. The average molecular weight is 365 g/mol. The number of nitrogens with zero attached hydrogens (tertiary/aromatic N) is 4. The highest BCUT2D eigenvalue weighted by atomic mass is 79.9. The van der Waals surface area contributed by atoms with E-state index >= 15 is 0 Å². The smallest absolute Gasteiger partial charge is 0.223 e. The van der Waals surface area contributed by atoms with Gasteiger partial charge < -0.3 is 9.64 Å². The van der Waals surface area contributed by atoms with E-state index in [9.17, 15) is 4.79 Å². The quantitative estimate of drug-likeness (QED) is 0.814. The van der Waals surface area contributed by atoms with E-state index in [2.05, 4.69) is 26.2 Å². The van der Waals surface area contributed by atoms with Gasteiger partial charge >= 0.3 is 0 Å². The number of carbonyl (C=O) groups excluding carboxylic acids is 1. The maximum Gasteiger partial charge on any atom is 0.223 e. The van der Waals surface area contributed by atoms with E-state index in [0.717, 1.165) is 15.8 Å². The number of carbonyl (C=O) groups is 1. The fourth-order valence-corrected chi connectivity index (χ4v) is 2.99. The minimum Gasteiger partial charge on any atom is -0.496 e. The van der Waals surface area contributed by atoms with E-state index in [0.29, 0.717) is 25.9 Å². The van der Waals surface area contributed by atoms with Gasteiger partial charge in [0.05, 0.1) is 19.3 Å². The van der Waals surface area contributed by atoms with Crippen LogP contribution in [-0.4, -0.2) is 46.0 Å². The fourth-order valence-electron chi connectivity index (χ4n) is 2.58. The highest BCUT2D eigenvalue weighted by Gasteiger charge is 2.32. The van der Waals surface area contributed by atoms with Gasteiger partial charge in [-0.1, -0.05) is 21.1 Å². The van der Waals surface area contributed by atoms with Gasteiger partial charge in [0, 0.05) is 30.2 Å². The molecule has 7 heteroatoms. The summed E-state index contributed by atoms with van der Waals surface area (Å²) in [5.41, 5.74) is 1.04. The minimum absolute atomic E-state index is 0.165. The van der Waals surface area contributed by atoms with Gasteiger partial charge in [-0.25, -0.2) is 4.68 Å². The third-order valence-corrected chi connectivity index (χ3v) is 4.37. The topological polar surface area (TPSA) is 60.2 Å². The van der Waals surface area contributed by atoms with Gasteiger partial charge in [0.25, 0.3) is 0 Å². The molecule has 2 heterocycles. The molecule has 1 fully saturated rings. The van der Waals surface area contributed by atoms with Gasteiger partial charge in [-0.2, -0.15) is 0 Å². The lowest BCUT2D eigenvalue weighted by Crippen LogP contribution is -2.50. The highest BCUT2D eigenvalue weighted by Crippen LogP contribution is 2.26.